The van der Waals surface area contributed by atoms with E-state index >= 15 is 0 Å². The Hall–Kier alpha value is -1.56. The van der Waals surface area contributed by atoms with Crippen molar-refractivity contribution in [1.82, 2.24) is 5.32 Å². The number of fused-ring (bicyclic) bond motifs is 5. The number of carbonyl (C=O) groups is 2. The number of esters is 1. The van der Waals surface area contributed by atoms with Crippen LogP contribution in [-0.2, 0) is 14.3 Å². The van der Waals surface area contributed by atoms with Crippen molar-refractivity contribution in [2.45, 2.75) is 163 Å². The predicted octanol–water partition coefficient (Wildman–Crippen LogP) is 8.72. The molecule has 0 aromatic heterocycles. The van der Waals surface area contributed by atoms with Crippen LogP contribution in [0.4, 0.5) is 4.79 Å². The van der Waals surface area contributed by atoms with Gasteiger partial charge in [0.15, 0.2) is 0 Å². The second-order valence-electron chi connectivity index (χ2n) is 16.9. The molecule has 246 valence electrons. The van der Waals surface area contributed by atoms with E-state index in [1.165, 1.54) is 56.9 Å². The molecule has 43 heavy (non-hydrogen) atoms. The Morgan fingerprint density at radius 1 is 0.977 bits per heavy atom. The zero-order valence-electron chi connectivity index (χ0n) is 28.9. The third-order valence-corrected chi connectivity index (χ3v) is 12.4. The minimum atomic E-state index is -0.620. The van der Waals surface area contributed by atoms with Gasteiger partial charge in [0.2, 0.25) is 0 Å². The molecular formula is C37H64N2O4. The van der Waals surface area contributed by atoms with Gasteiger partial charge in [0.1, 0.15) is 17.7 Å². The van der Waals surface area contributed by atoms with Crippen molar-refractivity contribution in [3.8, 4) is 0 Å². The van der Waals surface area contributed by atoms with E-state index in [-0.39, 0.29) is 17.5 Å². The summed E-state index contributed by atoms with van der Waals surface area (Å²) in [5.74, 6) is 2.97. The molecule has 1 amide bonds. The summed E-state index contributed by atoms with van der Waals surface area (Å²) in [6.45, 7) is 18.6. The Morgan fingerprint density at radius 2 is 1.72 bits per heavy atom. The fourth-order valence-corrected chi connectivity index (χ4v) is 10.1. The molecule has 0 aromatic carbocycles. The lowest BCUT2D eigenvalue weighted by Crippen LogP contribution is -2.56. The van der Waals surface area contributed by atoms with E-state index in [0.29, 0.717) is 23.8 Å². The van der Waals surface area contributed by atoms with Crippen molar-refractivity contribution >= 4 is 12.1 Å². The standard InChI is InChI=1S/C37H64N2O4/c1-25(2)12-11-13-26-15-16-30-35(26,6)22-19-31-36(7)21-18-28(24-27(36)17-20-37(30,31)8)42-32(40)29(38)14-9-10-23-39-33(41)43-34(3,4)5/h17,25-26,28-31H,9-16,18-24,38H2,1-8H3,(H,39,41)/t26?,28?,29?,30-,31-,35-,36+,37+/m1/s1. The Kier molecular flexibility index (Phi) is 10.7. The monoisotopic (exact) mass is 600 g/mol. The molecule has 0 radical (unpaired) electrons. The van der Waals surface area contributed by atoms with Crippen LogP contribution in [0.5, 0.6) is 0 Å². The molecule has 3 N–H and O–H groups in total. The van der Waals surface area contributed by atoms with Crippen LogP contribution in [0.15, 0.2) is 11.6 Å². The lowest BCUT2D eigenvalue weighted by Gasteiger charge is -2.63. The van der Waals surface area contributed by atoms with E-state index in [4.69, 9.17) is 15.2 Å². The highest BCUT2D eigenvalue weighted by Crippen LogP contribution is 2.71. The lowest BCUT2D eigenvalue weighted by atomic mass is 9.41. The molecule has 0 bridgehead atoms. The summed E-state index contributed by atoms with van der Waals surface area (Å²) in [5, 5.41) is 2.76. The van der Waals surface area contributed by atoms with E-state index < -0.39 is 17.7 Å². The van der Waals surface area contributed by atoms with Gasteiger partial charge in [-0.2, -0.15) is 0 Å². The number of alkyl carbamates (subject to hydrolysis) is 1. The molecule has 4 aliphatic carbocycles. The number of ether oxygens (including phenoxy) is 2. The molecule has 3 fully saturated rings. The summed E-state index contributed by atoms with van der Waals surface area (Å²) >= 11 is 0. The fourth-order valence-electron chi connectivity index (χ4n) is 10.1. The van der Waals surface area contributed by atoms with Gasteiger partial charge in [-0.3, -0.25) is 4.79 Å². The maximum Gasteiger partial charge on any atom is 0.407 e. The number of hydrogen-bond donors (Lipinski definition) is 2. The first kappa shape index (κ1) is 34.3. The number of nitrogens with two attached hydrogens (primary N) is 1. The Balaban J connectivity index is 1.27. The van der Waals surface area contributed by atoms with Gasteiger partial charge in [-0.25, -0.2) is 4.79 Å². The zero-order chi connectivity index (χ0) is 31.6. The van der Waals surface area contributed by atoms with E-state index in [2.05, 4.69) is 46.0 Å². The largest absolute Gasteiger partial charge is 0.461 e. The van der Waals surface area contributed by atoms with Crippen LogP contribution in [0.3, 0.4) is 0 Å². The number of nitrogens with one attached hydrogen (secondary N) is 1. The maximum absolute atomic E-state index is 12.9. The minimum absolute atomic E-state index is 0.0678. The molecule has 3 saturated carbocycles. The average Bonchev–Trinajstić information content (AvgIpc) is 3.24. The van der Waals surface area contributed by atoms with Crippen molar-refractivity contribution in [2.24, 2.45) is 45.7 Å². The fraction of sp³-hybridized carbons (Fsp3) is 0.892. The number of hydrogen-bond acceptors (Lipinski definition) is 5. The van der Waals surface area contributed by atoms with E-state index in [1.807, 2.05) is 20.8 Å². The van der Waals surface area contributed by atoms with Gasteiger partial charge in [0.25, 0.3) is 0 Å². The third kappa shape index (κ3) is 7.64. The van der Waals surface area contributed by atoms with Crippen LogP contribution in [0.25, 0.3) is 0 Å². The molecule has 0 spiro atoms. The quantitative estimate of drug-likeness (QED) is 0.141. The van der Waals surface area contributed by atoms with Gasteiger partial charge in [0.05, 0.1) is 0 Å². The summed E-state index contributed by atoms with van der Waals surface area (Å²) in [6.07, 6.45) is 17.9. The molecule has 3 unspecified atom stereocenters. The first-order valence-electron chi connectivity index (χ1n) is 17.7. The zero-order valence-corrected chi connectivity index (χ0v) is 28.9. The molecule has 0 aliphatic heterocycles. The van der Waals surface area contributed by atoms with Crippen LogP contribution < -0.4 is 11.1 Å². The molecule has 0 heterocycles. The summed E-state index contributed by atoms with van der Waals surface area (Å²) in [4.78, 5) is 24.7. The van der Waals surface area contributed by atoms with Crippen molar-refractivity contribution in [2.75, 3.05) is 6.54 Å². The van der Waals surface area contributed by atoms with Crippen molar-refractivity contribution < 1.29 is 19.1 Å². The van der Waals surface area contributed by atoms with Crippen molar-refractivity contribution in [3.05, 3.63) is 11.6 Å². The maximum atomic E-state index is 12.9. The summed E-state index contributed by atoms with van der Waals surface area (Å²) in [7, 11) is 0. The topological polar surface area (TPSA) is 90.6 Å². The van der Waals surface area contributed by atoms with Crippen LogP contribution in [0, 0.1) is 39.9 Å². The molecule has 0 saturated heterocycles. The van der Waals surface area contributed by atoms with Crippen molar-refractivity contribution in [1.29, 1.82) is 0 Å². The Labute approximate surface area is 263 Å². The summed E-state index contributed by atoms with van der Waals surface area (Å²) in [6, 6.07) is -0.620. The van der Waals surface area contributed by atoms with Gasteiger partial charge < -0.3 is 20.5 Å². The van der Waals surface area contributed by atoms with Gasteiger partial charge in [-0.15, -0.1) is 0 Å². The first-order chi connectivity index (χ1) is 20.1. The second-order valence-corrected chi connectivity index (χ2v) is 16.9. The number of allylic oxidation sites excluding steroid dienone is 1. The summed E-state index contributed by atoms with van der Waals surface area (Å²) < 4.78 is 11.3. The van der Waals surface area contributed by atoms with E-state index in [9.17, 15) is 9.59 Å². The Morgan fingerprint density at radius 3 is 2.42 bits per heavy atom. The average molecular weight is 601 g/mol. The highest BCUT2D eigenvalue weighted by molar-refractivity contribution is 5.75. The van der Waals surface area contributed by atoms with Gasteiger partial charge >= 0.3 is 12.1 Å². The smallest absolute Gasteiger partial charge is 0.407 e. The molecule has 6 nitrogen and oxygen atoms in total. The minimum Gasteiger partial charge on any atom is -0.461 e. The summed E-state index contributed by atoms with van der Waals surface area (Å²) in [5.41, 5.74) is 8.36. The third-order valence-electron chi connectivity index (χ3n) is 12.4. The van der Waals surface area contributed by atoms with E-state index in [0.717, 1.165) is 55.8 Å². The molecule has 4 rings (SSSR count). The highest BCUT2D eigenvalue weighted by Gasteiger charge is 2.63. The molecule has 6 heteroatoms. The SMILES string of the molecule is CC(C)CCCC1CC[C@H]2[C@]3(C)CC=C4CC(OC(=O)C(N)CCCCNC(=O)OC(C)(C)C)CC[C@]4(C)[C@H]3CC[C@]12C. The van der Waals surface area contributed by atoms with E-state index in [1.54, 1.807) is 0 Å². The van der Waals surface area contributed by atoms with Crippen LogP contribution in [0.2, 0.25) is 0 Å². The van der Waals surface area contributed by atoms with Crippen LogP contribution in [0.1, 0.15) is 145 Å². The number of rotatable bonds is 11. The molecule has 0 aromatic rings. The van der Waals surface area contributed by atoms with Crippen LogP contribution >= 0.6 is 0 Å². The predicted molar refractivity (Wildman–Crippen MR) is 174 cm³/mol. The van der Waals surface area contributed by atoms with Crippen molar-refractivity contribution in [3.63, 3.8) is 0 Å². The molecular weight excluding hydrogens is 536 g/mol. The van der Waals surface area contributed by atoms with Gasteiger partial charge in [-0.05, 0) is 131 Å². The number of carbonyl (C=O) groups excluding carboxylic acids is 2. The normalized spacial score (nSPS) is 36.2. The van der Waals surface area contributed by atoms with Gasteiger partial charge in [0, 0.05) is 13.0 Å². The molecule has 4 aliphatic rings. The number of amides is 1. The second kappa shape index (κ2) is 13.4. The van der Waals surface area contributed by atoms with Gasteiger partial charge in [-0.1, -0.05) is 59.1 Å². The molecule has 8 atom stereocenters. The Bertz CT molecular complexity index is 1020. The number of unbranched alkanes of at least 4 members (excludes halogenated alkanes) is 1. The van der Waals surface area contributed by atoms with Crippen LogP contribution in [-0.4, -0.2) is 36.4 Å². The lowest BCUT2D eigenvalue weighted by molar-refractivity contribution is -0.154. The first-order valence-corrected chi connectivity index (χ1v) is 17.7. The highest BCUT2D eigenvalue weighted by atomic mass is 16.6.